The van der Waals surface area contributed by atoms with Gasteiger partial charge in [-0.25, -0.2) is 0 Å². The molecular formula is C14H17BrN2O. The minimum absolute atomic E-state index is 0.0510. The van der Waals surface area contributed by atoms with Crippen LogP contribution in [0.5, 0.6) is 0 Å². The Morgan fingerprint density at radius 2 is 2.22 bits per heavy atom. The third-order valence-corrected chi connectivity index (χ3v) is 4.50. The van der Waals surface area contributed by atoms with Crippen LogP contribution in [-0.4, -0.2) is 36.0 Å². The number of carbonyl (C=O) groups excluding carboxylic acids is 1. The van der Waals surface area contributed by atoms with Crippen molar-refractivity contribution < 1.29 is 4.79 Å². The molecule has 1 N–H and O–H groups in total. The van der Waals surface area contributed by atoms with Crippen LogP contribution in [0.25, 0.3) is 0 Å². The van der Waals surface area contributed by atoms with Crippen LogP contribution in [0.2, 0.25) is 0 Å². The second-order valence-electron chi connectivity index (χ2n) is 5.12. The van der Waals surface area contributed by atoms with Crippen LogP contribution < -0.4 is 5.32 Å². The number of carbonyl (C=O) groups is 1. The van der Waals surface area contributed by atoms with E-state index in [2.05, 4.69) is 26.1 Å². The summed E-state index contributed by atoms with van der Waals surface area (Å²) in [6.07, 6.45) is 3.59. The van der Waals surface area contributed by atoms with Gasteiger partial charge in [-0.3, -0.25) is 9.69 Å². The van der Waals surface area contributed by atoms with Gasteiger partial charge in [0.1, 0.15) is 0 Å². The molecule has 3 rings (SSSR count). The topological polar surface area (TPSA) is 32.3 Å². The second kappa shape index (κ2) is 5.02. The summed E-state index contributed by atoms with van der Waals surface area (Å²) in [7, 11) is 0. The maximum atomic E-state index is 12.2. The maximum absolute atomic E-state index is 12.2. The van der Waals surface area contributed by atoms with Gasteiger partial charge < -0.3 is 5.32 Å². The molecule has 4 heteroatoms. The summed E-state index contributed by atoms with van der Waals surface area (Å²) in [5.74, 6) is 0.0510. The highest BCUT2D eigenvalue weighted by atomic mass is 79.9. The van der Waals surface area contributed by atoms with Gasteiger partial charge in [-0.05, 0) is 44.0 Å². The van der Waals surface area contributed by atoms with Crippen LogP contribution in [0.3, 0.4) is 0 Å². The SMILES string of the molecule is O=C(NC1CCN2CCCC12)c1cccc(Br)c1. The lowest BCUT2D eigenvalue weighted by Crippen LogP contribution is -2.42. The molecule has 2 heterocycles. The Morgan fingerprint density at radius 3 is 3.06 bits per heavy atom. The molecule has 0 aromatic heterocycles. The van der Waals surface area contributed by atoms with Crippen molar-refractivity contribution >= 4 is 21.8 Å². The first-order chi connectivity index (χ1) is 8.74. The van der Waals surface area contributed by atoms with Crippen molar-refractivity contribution in [1.82, 2.24) is 10.2 Å². The van der Waals surface area contributed by atoms with Crippen molar-refractivity contribution in [3.8, 4) is 0 Å². The van der Waals surface area contributed by atoms with E-state index in [1.807, 2.05) is 24.3 Å². The average molecular weight is 309 g/mol. The molecule has 1 aromatic carbocycles. The summed E-state index contributed by atoms with van der Waals surface area (Å²) in [4.78, 5) is 14.7. The van der Waals surface area contributed by atoms with Crippen molar-refractivity contribution in [2.24, 2.45) is 0 Å². The molecule has 0 aliphatic carbocycles. The highest BCUT2D eigenvalue weighted by Gasteiger charge is 2.37. The van der Waals surface area contributed by atoms with Crippen molar-refractivity contribution in [3.63, 3.8) is 0 Å². The molecule has 0 saturated carbocycles. The Bertz CT molecular complexity index is 463. The average Bonchev–Trinajstić information content (AvgIpc) is 2.94. The number of fused-ring (bicyclic) bond motifs is 1. The monoisotopic (exact) mass is 308 g/mol. The highest BCUT2D eigenvalue weighted by molar-refractivity contribution is 9.10. The lowest BCUT2D eigenvalue weighted by atomic mass is 10.1. The zero-order chi connectivity index (χ0) is 12.5. The van der Waals surface area contributed by atoms with Gasteiger partial charge in [-0.2, -0.15) is 0 Å². The Hall–Kier alpha value is -0.870. The summed E-state index contributed by atoms with van der Waals surface area (Å²) in [6.45, 7) is 2.34. The van der Waals surface area contributed by atoms with Crippen molar-refractivity contribution in [2.75, 3.05) is 13.1 Å². The molecule has 1 aromatic rings. The Morgan fingerprint density at radius 1 is 1.33 bits per heavy atom. The van der Waals surface area contributed by atoms with Gasteiger partial charge in [0, 0.05) is 28.7 Å². The fourth-order valence-corrected chi connectivity index (χ4v) is 3.53. The molecule has 0 spiro atoms. The third-order valence-electron chi connectivity index (χ3n) is 4.01. The molecule has 18 heavy (non-hydrogen) atoms. The predicted octanol–water partition coefficient (Wildman–Crippen LogP) is 2.42. The van der Waals surface area contributed by atoms with Gasteiger partial charge in [0.05, 0.1) is 0 Å². The summed E-state index contributed by atoms with van der Waals surface area (Å²) < 4.78 is 0.948. The van der Waals surface area contributed by atoms with Crippen LogP contribution in [0, 0.1) is 0 Å². The van der Waals surface area contributed by atoms with E-state index in [4.69, 9.17) is 0 Å². The van der Waals surface area contributed by atoms with Gasteiger partial charge in [0.15, 0.2) is 0 Å². The minimum Gasteiger partial charge on any atom is -0.348 e. The summed E-state index contributed by atoms with van der Waals surface area (Å²) in [5.41, 5.74) is 0.737. The summed E-state index contributed by atoms with van der Waals surface area (Å²) >= 11 is 3.40. The molecule has 0 radical (unpaired) electrons. The highest BCUT2D eigenvalue weighted by Crippen LogP contribution is 2.28. The van der Waals surface area contributed by atoms with Crippen LogP contribution in [0.15, 0.2) is 28.7 Å². The number of benzene rings is 1. The molecule has 2 aliphatic rings. The molecule has 2 saturated heterocycles. The van der Waals surface area contributed by atoms with E-state index >= 15 is 0 Å². The van der Waals surface area contributed by atoms with E-state index in [1.165, 1.54) is 19.4 Å². The maximum Gasteiger partial charge on any atom is 0.251 e. The quantitative estimate of drug-likeness (QED) is 0.910. The van der Waals surface area contributed by atoms with Gasteiger partial charge in [0.2, 0.25) is 0 Å². The Kier molecular flexibility index (Phi) is 3.39. The Balaban J connectivity index is 1.68. The van der Waals surface area contributed by atoms with Crippen molar-refractivity contribution in [1.29, 1.82) is 0 Å². The standard InChI is InChI=1S/C14H17BrN2O/c15-11-4-1-3-10(9-11)14(18)16-12-6-8-17-7-2-5-13(12)17/h1,3-4,9,12-13H,2,5-8H2,(H,16,18). The van der Waals surface area contributed by atoms with Crippen LogP contribution in [-0.2, 0) is 0 Å². The molecule has 1 amide bonds. The van der Waals surface area contributed by atoms with E-state index < -0.39 is 0 Å². The fraction of sp³-hybridized carbons (Fsp3) is 0.500. The minimum atomic E-state index is 0.0510. The number of amides is 1. The second-order valence-corrected chi connectivity index (χ2v) is 6.04. The first kappa shape index (κ1) is 12.2. The molecule has 0 bridgehead atoms. The molecule has 2 aliphatic heterocycles. The molecule has 2 unspecified atom stereocenters. The van der Waals surface area contributed by atoms with Crippen LogP contribution >= 0.6 is 15.9 Å². The first-order valence-electron chi connectivity index (χ1n) is 6.54. The molecular weight excluding hydrogens is 292 g/mol. The zero-order valence-corrected chi connectivity index (χ0v) is 11.8. The van der Waals surface area contributed by atoms with Crippen LogP contribution in [0.1, 0.15) is 29.6 Å². The smallest absolute Gasteiger partial charge is 0.251 e. The molecule has 2 atom stereocenters. The van der Waals surface area contributed by atoms with E-state index in [1.54, 1.807) is 0 Å². The first-order valence-corrected chi connectivity index (χ1v) is 7.34. The van der Waals surface area contributed by atoms with Crippen molar-refractivity contribution in [2.45, 2.75) is 31.3 Å². The number of halogens is 1. The van der Waals surface area contributed by atoms with Gasteiger partial charge in [0.25, 0.3) is 5.91 Å². The van der Waals surface area contributed by atoms with E-state index in [0.29, 0.717) is 12.1 Å². The van der Waals surface area contributed by atoms with Gasteiger partial charge >= 0.3 is 0 Å². The largest absolute Gasteiger partial charge is 0.348 e. The summed E-state index contributed by atoms with van der Waals surface area (Å²) in [5, 5.41) is 3.19. The zero-order valence-electron chi connectivity index (χ0n) is 10.2. The Labute approximate surface area is 116 Å². The normalized spacial score (nSPS) is 27.2. The van der Waals surface area contributed by atoms with E-state index in [9.17, 15) is 4.79 Å². The number of nitrogens with one attached hydrogen (secondary N) is 1. The van der Waals surface area contributed by atoms with Gasteiger partial charge in [-0.1, -0.05) is 22.0 Å². The van der Waals surface area contributed by atoms with Crippen molar-refractivity contribution in [3.05, 3.63) is 34.3 Å². The number of nitrogens with zero attached hydrogens (tertiary/aromatic N) is 1. The molecule has 2 fully saturated rings. The lowest BCUT2D eigenvalue weighted by Gasteiger charge is -2.21. The van der Waals surface area contributed by atoms with Crippen LogP contribution in [0.4, 0.5) is 0 Å². The number of hydrogen-bond acceptors (Lipinski definition) is 2. The number of rotatable bonds is 2. The number of hydrogen-bond donors (Lipinski definition) is 1. The van der Waals surface area contributed by atoms with Gasteiger partial charge in [-0.15, -0.1) is 0 Å². The van der Waals surface area contributed by atoms with E-state index in [0.717, 1.165) is 23.0 Å². The molecule has 96 valence electrons. The molecule has 3 nitrogen and oxygen atoms in total. The lowest BCUT2D eigenvalue weighted by molar-refractivity contribution is 0.0929. The summed E-state index contributed by atoms with van der Waals surface area (Å²) in [6, 6.07) is 8.47. The fourth-order valence-electron chi connectivity index (χ4n) is 3.13. The van der Waals surface area contributed by atoms with E-state index in [-0.39, 0.29) is 5.91 Å². The third kappa shape index (κ3) is 2.31. The predicted molar refractivity (Wildman–Crippen MR) is 74.6 cm³/mol.